The molecule has 1 saturated heterocycles. The maximum atomic E-state index is 11.5. The molecule has 2 unspecified atom stereocenters. The third kappa shape index (κ3) is 3.03. The van der Waals surface area contributed by atoms with Gasteiger partial charge in [-0.25, -0.2) is 0 Å². The van der Waals surface area contributed by atoms with Crippen molar-refractivity contribution in [3.63, 3.8) is 0 Å². The lowest BCUT2D eigenvalue weighted by Crippen LogP contribution is -2.52. The van der Waals surface area contributed by atoms with Crippen LogP contribution in [-0.2, 0) is 4.79 Å². The molecule has 1 aromatic heterocycles. The molecule has 2 heterocycles. The first kappa shape index (κ1) is 13.8. The Balaban J connectivity index is 2.22. The second kappa shape index (κ2) is 6.02. The Bertz CT molecular complexity index is 423. The number of nitrogens with two attached hydrogens (primary N) is 1. The van der Waals surface area contributed by atoms with E-state index in [1.54, 1.807) is 11.3 Å². The van der Waals surface area contributed by atoms with Crippen LogP contribution in [0, 0.1) is 0 Å². The molecule has 1 aliphatic rings. The summed E-state index contributed by atoms with van der Waals surface area (Å²) in [6, 6.07) is 4.00. The number of hydrogen-bond donors (Lipinski definition) is 2. The molecule has 0 radical (unpaired) electrons. The fourth-order valence-electron chi connectivity index (χ4n) is 2.27. The summed E-state index contributed by atoms with van der Waals surface area (Å²) in [6.45, 7) is 4.00. The summed E-state index contributed by atoms with van der Waals surface area (Å²) in [5.74, 6) is 0.0669. The van der Waals surface area contributed by atoms with E-state index in [2.05, 4.69) is 17.1 Å². The van der Waals surface area contributed by atoms with E-state index in [1.165, 1.54) is 0 Å². The number of carbonyl (C=O) groups is 1. The molecular weight excluding hydrogens is 270 g/mol. The van der Waals surface area contributed by atoms with Crippen molar-refractivity contribution in [1.29, 1.82) is 0 Å². The van der Waals surface area contributed by atoms with Crippen molar-refractivity contribution >= 4 is 28.8 Å². The number of halogens is 1. The highest BCUT2D eigenvalue weighted by molar-refractivity contribution is 7.16. The van der Waals surface area contributed by atoms with E-state index in [-0.39, 0.29) is 18.0 Å². The predicted octanol–water partition coefficient (Wildman–Crippen LogP) is 1.61. The van der Waals surface area contributed by atoms with Gasteiger partial charge < -0.3 is 11.1 Å². The minimum atomic E-state index is 0.0191. The van der Waals surface area contributed by atoms with E-state index in [9.17, 15) is 4.79 Å². The molecule has 1 aliphatic heterocycles. The second-order valence-corrected chi connectivity index (χ2v) is 6.23. The van der Waals surface area contributed by atoms with E-state index in [0.717, 1.165) is 22.2 Å². The maximum Gasteiger partial charge on any atom is 0.234 e. The molecule has 1 fully saturated rings. The maximum absolute atomic E-state index is 11.5. The third-order valence-electron chi connectivity index (χ3n) is 3.22. The van der Waals surface area contributed by atoms with Crippen molar-refractivity contribution in [3.05, 3.63) is 21.3 Å². The molecule has 0 saturated carbocycles. The van der Waals surface area contributed by atoms with E-state index in [0.29, 0.717) is 13.1 Å². The van der Waals surface area contributed by atoms with E-state index in [4.69, 9.17) is 17.3 Å². The van der Waals surface area contributed by atoms with E-state index in [1.807, 2.05) is 12.1 Å². The van der Waals surface area contributed by atoms with Crippen molar-refractivity contribution in [2.24, 2.45) is 5.73 Å². The van der Waals surface area contributed by atoms with E-state index >= 15 is 0 Å². The molecule has 1 amide bonds. The lowest BCUT2D eigenvalue weighted by atomic mass is 10.0. The monoisotopic (exact) mass is 287 g/mol. The van der Waals surface area contributed by atoms with Crippen LogP contribution in [0.1, 0.15) is 24.3 Å². The molecule has 0 aliphatic carbocycles. The SMILES string of the molecule is CCC(N)C(c1ccc(Cl)s1)N1CCNC(=O)C1. The molecule has 0 bridgehead atoms. The van der Waals surface area contributed by atoms with Crippen LogP contribution in [0.25, 0.3) is 0 Å². The molecule has 0 aromatic carbocycles. The number of piperazine rings is 1. The number of thiophene rings is 1. The molecule has 1 aromatic rings. The number of nitrogens with zero attached hydrogens (tertiary/aromatic N) is 1. The zero-order chi connectivity index (χ0) is 13.1. The lowest BCUT2D eigenvalue weighted by Gasteiger charge is -2.36. The van der Waals surface area contributed by atoms with Gasteiger partial charge in [-0.15, -0.1) is 11.3 Å². The molecule has 100 valence electrons. The van der Waals surface area contributed by atoms with Gasteiger partial charge in [0, 0.05) is 24.0 Å². The van der Waals surface area contributed by atoms with Crippen molar-refractivity contribution in [2.75, 3.05) is 19.6 Å². The lowest BCUT2D eigenvalue weighted by molar-refractivity contribution is -0.125. The van der Waals surface area contributed by atoms with Crippen LogP contribution in [0.3, 0.4) is 0 Å². The van der Waals surface area contributed by atoms with Gasteiger partial charge in [-0.1, -0.05) is 18.5 Å². The first-order valence-electron chi connectivity index (χ1n) is 6.13. The fraction of sp³-hybridized carbons (Fsp3) is 0.583. The fourth-order valence-corrected chi connectivity index (χ4v) is 3.54. The highest BCUT2D eigenvalue weighted by Gasteiger charge is 2.30. The minimum absolute atomic E-state index is 0.0191. The number of hydrogen-bond acceptors (Lipinski definition) is 4. The van der Waals surface area contributed by atoms with Gasteiger partial charge in [0.1, 0.15) is 0 Å². The van der Waals surface area contributed by atoms with Gasteiger partial charge in [0.05, 0.1) is 16.9 Å². The zero-order valence-electron chi connectivity index (χ0n) is 10.4. The summed E-state index contributed by atoms with van der Waals surface area (Å²) in [5, 5.41) is 2.84. The Kier molecular flexibility index (Phi) is 4.61. The van der Waals surface area contributed by atoms with Crippen LogP contribution in [-0.4, -0.2) is 36.5 Å². The Morgan fingerprint density at radius 3 is 2.94 bits per heavy atom. The first-order valence-corrected chi connectivity index (χ1v) is 7.32. The third-order valence-corrected chi connectivity index (χ3v) is 4.53. The highest BCUT2D eigenvalue weighted by Crippen LogP contribution is 2.33. The summed E-state index contributed by atoms with van der Waals surface area (Å²) in [4.78, 5) is 14.8. The number of amides is 1. The second-order valence-electron chi connectivity index (χ2n) is 4.48. The van der Waals surface area contributed by atoms with Crippen molar-refractivity contribution in [1.82, 2.24) is 10.2 Å². The molecule has 3 N–H and O–H groups in total. The van der Waals surface area contributed by atoms with Crippen LogP contribution >= 0.6 is 22.9 Å². The van der Waals surface area contributed by atoms with Crippen LogP contribution in [0.5, 0.6) is 0 Å². The Labute approximate surface area is 116 Å². The molecular formula is C12H18ClN3OS. The highest BCUT2D eigenvalue weighted by atomic mass is 35.5. The van der Waals surface area contributed by atoms with Gasteiger partial charge in [-0.3, -0.25) is 9.69 Å². The van der Waals surface area contributed by atoms with Gasteiger partial charge in [0.25, 0.3) is 0 Å². The average Bonchev–Trinajstić information content (AvgIpc) is 2.76. The summed E-state index contributed by atoms with van der Waals surface area (Å²) in [7, 11) is 0. The Morgan fingerprint density at radius 1 is 1.61 bits per heavy atom. The minimum Gasteiger partial charge on any atom is -0.354 e. The molecule has 2 atom stereocenters. The quantitative estimate of drug-likeness (QED) is 0.885. The van der Waals surface area contributed by atoms with Crippen molar-refractivity contribution < 1.29 is 4.79 Å². The number of rotatable bonds is 4. The van der Waals surface area contributed by atoms with Gasteiger partial charge >= 0.3 is 0 Å². The normalized spacial score (nSPS) is 20.5. The van der Waals surface area contributed by atoms with Gasteiger partial charge in [0.2, 0.25) is 5.91 Å². The largest absolute Gasteiger partial charge is 0.354 e. The summed E-state index contributed by atoms with van der Waals surface area (Å²) >= 11 is 7.55. The Hall–Kier alpha value is -0.620. The van der Waals surface area contributed by atoms with E-state index < -0.39 is 0 Å². The molecule has 0 spiro atoms. The summed E-state index contributed by atoms with van der Waals surface area (Å²) in [5.41, 5.74) is 6.22. The molecule has 2 rings (SSSR count). The topological polar surface area (TPSA) is 58.4 Å². The first-order chi connectivity index (χ1) is 8.61. The summed E-state index contributed by atoms with van der Waals surface area (Å²) in [6.07, 6.45) is 0.873. The zero-order valence-corrected chi connectivity index (χ0v) is 11.9. The Morgan fingerprint density at radius 2 is 2.39 bits per heavy atom. The van der Waals surface area contributed by atoms with Crippen LogP contribution < -0.4 is 11.1 Å². The average molecular weight is 288 g/mol. The smallest absolute Gasteiger partial charge is 0.234 e. The number of nitrogens with one attached hydrogen (secondary N) is 1. The van der Waals surface area contributed by atoms with Crippen molar-refractivity contribution in [3.8, 4) is 0 Å². The van der Waals surface area contributed by atoms with Crippen molar-refractivity contribution in [2.45, 2.75) is 25.4 Å². The van der Waals surface area contributed by atoms with Crippen LogP contribution in [0.2, 0.25) is 4.34 Å². The predicted molar refractivity (Wildman–Crippen MR) is 74.9 cm³/mol. The molecule has 4 nitrogen and oxygen atoms in total. The van der Waals surface area contributed by atoms with Gasteiger partial charge in [-0.05, 0) is 18.6 Å². The molecule has 6 heteroatoms. The number of carbonyl (C=O) groups excluding carboxylic acids is 1. The van der Waals surface area contributed by atoms with Crippen LogP contribution in [0.15, 0.2) is 12.1 Å². The van der Waals surface area contributed by atoms with Crippen LogP contribution in [0.4, 0.5) is 0 Å². The summed E-state index contributed by atoms with van der Waals surface area (Å²) < 4.78 is 0.764. The standard InChI is InChI=1S/C12H18ClN3OS/c1-2-8(14)12(9-3-4-10(13)18-9)16-6-5-15-11(17)7-16/h3-4,8,12H,2,5-7,14H2,1H3,(H,15,17). The molecule has 18 heavy (non-hydrogen) atoms. The van der Waals surface area contributed by atoms with Gasteiger partial charge in [0.15, 0.2) is 0 Å². The van der Waals surface area contributed by atoms with Gasteiger partial charge in [-0.2, -0.15) is 0 Å².